The van der Waals surface area contributed by atoms with Gasteiger partial charge in [0.15, 0.2) is 0 Å². The highest BCUT2D eigenvalue weighted by Crippen LogP contribution is 2.16. The van der Waals surface area contributed by atoms with E-state index >= 15 is 0 Å². The number of aromatic nitrogens is 2. The standard InChI is InChI=1S/C10H9N3/c1-7-12-9-4-2-3-8(5-6-11)10(9)13-7/h2-4H,5H2,1H3,(H,12,13). The first-order valence-electron chi connectivity index (χ1n) is 4.12. The summed E-state index contributed by atoms with van der Waals surface area (Å²) in [4.78, 5) is 7.46. The first kappa shape index (κ1) is 7.81. The molecule has 0 spiro atoms. The highest BCUT2D eigenvalue weighted by atomic mass is 14.9. The van der Waals surface area contributed by atoms with Gasteiger partial charge in [-0.1, -0.05) is 12.1 Å². The number of rotatable bonds is 1. The van der Waals surface area contributed by atoms with E-state index in [1.54, 1.807) is 0 Å². The third-order valence-corrected chi connectivity index (χ3v) is 1.98. The van der Waals surface area contributed by atoms with Gasteiger partial charge in [0.05, 0.1) is 23.5 Å². The van der Waals surface area contributed by atoms with E-state index in [0.29, 0.717) is 6.42 Å². The maximum Gasteiger partial charge on any atom is 0.104 e. The predicted octanol–water partition coefficient (Wildman–Crippen LogP) is 1.94. The molecule has 1 N–H and O–H groups in total. The van der Waals surface area contributed by atoms with E-state index in [2.05, 4.69) is 16.0 Å². The summed E-state index contributed by atoms with van der Waals surface area (Å²) in [6.45, 7) is 1.91. The summed E-state index contributed by atoms with van der Waals surface area (Å²) in [5.41, 5.74) is 2.91. The second kappa shape index (κ2) is 2.91. The molecule has 2 rings (SSSR count). The van der Waals surface area contributed by atoms with Crippen molar-refractivity contribution >= 4 is 11.0 Å². The van der Waals surface area contributed by atoms with Gasteiger partial charge < -0.3 is 4.98 Å². The maximum absolute atomic E-state index is 8.60. The van der Waals surface area contributed by atoms with Crippen LogP contribution in [0.15, 0.2) is 18.2 Å². The van der Waals surface area contributed by atoms with Crippen LogP contribution in [0.3, 0.4) is 0 Å². The quantitative estimate of drug-likeness (QED) is 0.712. The van der Waals surface area contributed by atoms with Crippen molar-refractivity contribution in [1.29, 1.82) is 5.26 Å². The van der Waals surface area contributed by atoms with Crippen molar-refractivity contribution in [3.8, 4) is 6.07 Å². The average molecular weight is 171 g/mol. The molecular weight excluding hydrogens is 162 g/mol. The fourth-order valence-electron chi connectivity index (χ4n) is 1.44. The third kappa shape index (κ3) is 1.27. The molecule has 0 aliphatic heterocycles. The van der Waals surface area contributed by atoms with Gasteiger partial charge in [0.1, 0.15) is 5.82 Å². The van der Waals surface area contributed by atoms with Crippen molar-refractivity contribution < 1.29 is 0 Å². The minimum atomic E-state index is 0.418. The third-order valence-electron chi connectivity index (χ3n) is 1.98. The Bertz CT molecular complexity index is 476. The Labute approximate surface area is 76.0 Å². The second-order valence-corrected chi connectivity index (χ2v) is 2.97. The summed E-state index contributed by atoms with van der Waals surface area (Å²) >= 11 is 0. The number of aromatic amines is 1. The molecule has 0 amide bonds. The van der Waals surface area contributed by atoms with E-state index in [9.17, 15) is 0 Å². The van der Waals surface area contributed by atoms with Crippen molar-refractivity contribution in [2.75, 3.05) is 0 Å². The largest absolute Gasteiger partial charge is 0.342 e. The lowest BCUT2D eigenvalue weighted by Gasteiger charge is -1.93. The second-order valence-electron chi connectivity index (χ2n) is 2.97. The highest BCUT2D eigenvalue weighted by molar-refractivity contribution is 5.79. The first-order valence-corrected chi connectivity index (χ1v) is 4.12. The lowest BCUT2D eigenvalue weighted by atomic mass is 10.1. The van der Waals surface area contributed by atoms with Gasteiger partial charge in [-0.05, 0) is 18.6 Å². The van der Waals surface area contributed by atoms with Crippen molar-refractivity contribution in [2.24, 2.45) is 0 Å². The summed E-state index contributed by atoms with van der Waals surface area (Å²) in [6.07, 6.45) is 0.418. The van der Waals surface area contributed by atoms with Crippen molar-refractivity contribution in [3.63, 3.8) is 0 Å². The summed E-state index contributed by atoms with van der Waals surface area (Å²) < 4.78 is 0. The van der Waals surface area contributed by atoms with Crippen molar-refractivity contribution in [2.45, 2.75) is 13.3 Å². The SMILES string of the molecule is Cc1nc2c(CC#N)cccc2[nH]1. The molecule has 0 atom stereocenters. The van der Waals surface area contributed by atoms with Gasteiger partial charge in [-0.3, -0.25) is 0 Å². The predicted molar refractivity (Wildman–Crippen MR) is 50.1 cm³/mol. The molecule has 1 aromatic heterocycles. The van der Waals surface area contributed by atoms with E-state index in [4.69, 9.17) is 5.26 Å². The number of aryl methyl sites for hydroxylation is 1. The molecule has 0 saturated heterocycles. The number of hydrogen-bond donors (Lipinski definition) is 1. The van der Waals surface area contributed by atoms with Crippen LogP contribution < -0.4 is 0 Å². The lowest BCUT2D eigenvalue weighted by Crippen LogP contribution is -1.83. The molecule has 0 aliphatic rings. The molecule has 1 heterocycles. The van der Waals surface area contributed by atoms with Crippen LogP contribution in [0.2, 0.25) is 0 Å². The van der Waals surface area contributed by atoms with E-state index in [0.717, 1.165) is 22.4 Å². The maximum atomic E-state index is 8.60. The molecule has 0 saturated carbocycles. The van der Waals surface area contributed by atoms with Crippen LogP contribution in [0.25, 0.3) is 11.0 Å². The molecule has 2 aromatic rings. The van der Waals surface area contributed by atoms with Crippen LogP contribution in [-0.2, 0) is 6.42 Å². The van der Waals surface area contributed by atoms with Gasteiger partial charge in [-0.25, -0.2) is 4.98 Å². The summed E-state index contributed by atoms with van der Waals surface area (Å²) in [5.74, 6) is 0.889. The molecule has 0 bridgehead atoms. The number of nitrogens with one attached hydrogen (secondary N) is 1. The van der Waals surface area contributed by atoms with Crippen LogP contribution >= 0.6 is 0 Å². The highest BCUT2D eigenvalue weighted by Gasteiger charge is 2.03. The first-order chi connectivity index (χ1) is 6.31. The number of fused-ring (bicyclic) bond motifs is 1. The van der Waals surface area contributed by atoms with Crippen LogP contribution in [0, 0.1) is 18.3 Å². The van der Waals surface area contributed by atoms with E-state index in [1.165, 1.54) is 0 Å². The molecule has 0 radical (unpaired) electrons. The number of benzene rings is 1. The number of imidazole rings is 1. The zero-order chi connectivity index (χ0) is 9.26. The van der Waals surface area contributed by atoms with Gasteiger partial charge in [-0.2, -0.15) is 5.26 Å². The Kier molecular flexibility index (Phi) is 1.75. The Morgan fingerprint density at radius 3 is 3.15 bits per heavy atom. The summed E-state index contributed by atoms with van der Waals surface area (Å²) in [6, 6.07) is 7.97. The Balaban J connectivity index is 2.69. The van der Waals surface area contributed by atoms with Crippen molar-refractivity contribution in [1.82, 2.24) is 9.97 Å². The van der Waals surface area contributed by atoms with Gasteiger partial charge in [0, 0.05) is 0 Å². The lowest BCUT2D eigenvalue weighted by molar-refractivity contribution is 1.16. The number of H-pyrrole nitrogens is 1. The minimum absolute atomic E-state index is 0.418. The molecule has 64 valence electrons. The fourth-order valence-corrected chi connectivity index (χ4v) is 1.44. The molecule has 1 aromatic carbocycles. The topological polar surface area (TPSA) is 52.5 Å². The molecule has 0 unspecified atom stereocenters. The van der Waals surface area contributed by atoms with Crippen molar-refractivity contribution in [3.05, 3.63) is 29.6 Å². The normalized spacial score (nSPS) is 10.2. The van der Waals surface area contributed by atoms with E-state index in [-0.39, 0.29) is 0 Å². The monoisotopic (exact) mass is 171 g/mol. The smallest absolute Gasteiger partial charge is 0.104 e. The average Bonchev–Trinajstić information content (AvgIpc) is 2.47. The van der Waals surface area contributed by atoms with Gasteiger partial charge in [0.2, 0.25) is 0 Å². The van der Waals surface area contributed by atoms with E-state index in [1.807, 2.05) is 25.1 Å². The molecule has 13 heavy (non-hydrogen) atoms. The Hall–Kier alpha value is -1.82. The number of hydrogen-bond acceptors (Lipinski definition) is 2. The fraction of sp³-hybridized carbons (Fsp3) is 0.200. The Morgan fingerprint density at radius 1 is 1.54 bits per heavy atom. The van der Waals surface area contributed by atoms with Gasteiger partial charge in [-0.15, -0.1) is 0 Å². The van der Waals surface area contributed by atoms with Crippen LogP contribution in [-0.4, -0.2) is 9.97 Å². The summed E-state index contributed by atoms with van der Waals surface area (Å²) in [7, 11) is 0. The molecule has 3 nitrogen and oxygen atoms in total. The minimum Gasteiger partial charge on any atom is -0.342 e. The Morgan fingerprint density at radius 2 is 2.38 bits per heavy atom. The number of nitrogens with zero attached hydrogens (tertiary/aromatic N) is 2. The number of nitriles is 1. The molecule has 3 heteroatoms. The molecule has 0 fully saturated rings. The molecule has 0 aliphatic carbocycles. The zero-order valence-electron chi connectivity index (χ0n) is 7.33. The van der Waals surface area contributed by atoms with Crippen LogP contribution in [0.5, 0.6) is 0 Å². The van der Waals surface area contributed by atoms with Crippen LogP contribution in [0.1, 0.15) is 11.4 Å². The van der Waals surface area contributed by atoms with Gasteiger partial charge in [0.25, 0.3) is 0 Å². The summed E-state index contributed by atoms with van der Waals surface area (Å²) in [5, 5.41) is 8.60. The zero-order valence-corrected chi connectivity index (χ0v) is 7.33. The molecular formula is C10H9N3. The van der Waals surface area contributed by atoms with Crippen LogP contribution in [0.4, 0.5) is 0 Å². The van der Waals surface area contributed by atoms with E-state index < -0.39 is 0 Å². The van der Waals surface area contributed by atoms with Gasteiger partial charge >= 0.3 is 0 Å². The number of para-hydroxylation sites is 1.